The van der Waals surface area contributed by atoms with Crippen LogP contribution in [0.5, 0.6) is 0 Å². The molecule has 2 aromatic carbocycles. The summed E-state index contributed by atoms with van der Waals surface area (Å²) in [5.41, 5.74) is -1.10. The Morgan fingerprint density at radius 3 is 2.34 bits per heavy atom. The molecule has 1 atom stereocenters. The van der Waals surface area contributed by atoms with Crippen LogP contribution in [0, 0.1) is 0 Å². The molecule has 152 valence electrons. The van der Waals surface area contributed by atoms with Gasteiger partial charge in [0.2, 0.25) is 11.6 Å². The van der Waals surface area contributed by atoms with E-state index in [9.17, 15) is 22.8 Å². The van der Waals surface area contributed by atoms with Crippen molar-refractivity contribution < 1.29 is 18.0 Å². The number of hydrogen-bond acceptors (Lipinski definition) is 3. The number of fused-ring (bicyclic) bond motifs is 1. The predicted octanol–water partition coefficient (Wildman–Crippen LogP) is 4.57. The normalized spacial score (nSPS) is 12.7. The van der Waals surface area contributed by atoms with Crippen molar-refractivity contribution in [2.75, 3.05) is 5.32 Å². The van der Waals surface area contributed by atoms with Gasteiger partial charge in [0.25, 0.3) is 5.56 Å². The summed E-state index contributed by atoms with van der Waals surface area (Å²) in [6, 6.07) is 12.0. The van der Waals surface area contributed by atoms with E-state index in [2.05, 4.69) is 10.3 Å². The molecule has 0 unspecified atom stereocenters. The number of benzene rings is 2. The van der Waals surface area contributed by atoms with Gasteiger partial charge in [-0.05, 0) is 42.7 Å². The van der Waals surface area contributed by atoms with Gasteiger partial charge in [-0.1, -0.05) is 38.1 Å². The molecule has 0 aliphatic rings. The zero-order valence-electron chi connectivity index (χ0n) is 16.0. The summed E-state index contributed by atoms with van der Waals surface area (Å²) in [6.07, 6.45) is -3.96. The highest BCUT2D eigenvalue weighted by Crippen LogP contribution is 2.28. The fraction of sp³-hybridized carbons (Fsp3) is 0.286. The first kappa shape index (κ1) is 20.6. The van der Waals surface area contributed by atoms with Crippen molar-refractivity contribution in [2.24, 2.45) is 0 Å². The first-order valence-electron chi connectivity index (χ1n) is 9.24. The maximum absolute atomic E-state index is 13.4. The molecule has 0 radical (unpaired) electrons. The Morgan fingerprint density at radius 1 is 1.10 bits per heavy atom. The molecule has 3 rings (SSSR count). The molecule has 29 heavy (non-hydrogen) atoms. The van der Waals surface area contributed by atoms with Crippen LogP contribution in [0.3, 0.4) is 0 Å². The Balaban J connectivity index is 2.09. The number of aromatic nitrogens is 2. The lowest BCUT2D eigenvalue weighted by Gasteiger charge is -2.21. The van der Waals surface area contributed by atoms with E-state index >= 15 is 0 Å². The van der Waals surface area contributed by atoms with Crippen molar-refractivity contribution in [1.82, 2.24) is 9.55 Å². The fourth-order valence-corrected chi connectivity index (χ4v) is 3.18. The Kier molecular flexibility index (Phi) is 5.72. The summed E-state index contributed by atoms with van der Waals surface area (Å²) in [6.45, 7) is 3.64. The lowest BCUT2D eigenvalue weighted by Crippen LogP contribution is -2.37. The monoisotopic (exact) mass is 403 g/mol. The van der Waals surface area contributed by atoms with Crippen molar-refractivity contribution in [3.63, 3.8) is 0 Å². The number of anilines is 1. The number of aryl methyl sites for hydroxylation is 1. The second kappa shape index (κ2) is 8.06. The van der Waals surface area contributed by atoms with Gasteiger partial charge in [0.15, 0.2) is 0 Å². The molecule has 5 nitrogen and oxygen atoms in total. The van der Waals surface area contributed by atoms with Gasteiger partial charge in [-0.25, -0.2) is 4.98 Å². The number of hydrogen-bond donors (Lipinski definition) is 1. The van der Waals surface area contributed by atoms with E-state index in [1.807, 2.05) is 19.1 Å². The van der Waals surface area contributed by atoms with Crippen LogP contribution in [0.15, 0.2) is 53.3 Å². The van der Waals surface area contributed by atoms with E-state index in [-0.39, 0.29) is 17.5 Å². The number of carbonyl (C=O) groups excluding carboxylic acids is 1. The lowest BCUT2D eigenvalue weighted by atomic mass is 10.1. The van der Waals surface area contributed by atoms with Crippen LogP contribution in [0.4, 0.5) is 18.9 Å². The average molecular weight is 403 g/mol. The minimum atomic E-state index is -4.92. The Bertz CT molecular complexity index is 1090. The first-order chi connectivity index (χ1) is 13.8. The number of amides is 1. The van der Waals surface area contributed by atoms with Crippen LogP contribution in [-0.2, 0) is 17.4 Å². The number of halogens is 3. The third-order valence-electron chi connectivity index (χ3n) is 4.69. The summed E-state index contributed by atoms with van der Waals surface area (Å²) < 4.78 is 41.0. The number of nitrogens with zero attached hydrogens (tertiary/aromatic N) is 2. The number of alkyl halides is 3. The van der Waals surface area contributed by atoms with E-state index in [0.717, 1.165) is 16.6 Å². The molecule has 1 N–H and O–H groups in total. The summed E-state index contributed by atoms with van der Waals surface area (Å²) in [5, 5.41) is 2.69. The van der Waals surface area contributed by atoms with Gasteiger partial charge in [0.1, 0.15) is 6.04 Å². The molecule has 0 bridgehead atoms. The van der Waals surface area contributed by atoms with Crippen molar-refractivity contribution in [3.8, 4) is 0 Å². The van der Waals surface area contributed by atoms with Crippen LogP contribution in [0.25, 0.3) is 11.0 Å². The summed E-state index contributed by atoms with van der Waals surface area (Å²) in [5.74, 6) is -0.566. The molecule has 0 spiro atoms. The van der Waals surface area contributed by atoms with Gasteiger partial charge in [0.05, 0.1) is 11.0 Å². The Hall–Kier alpha value is -3.16. The number of carbonyl (C=O) groups is 1. The van der Waals surface area contributed by atoms with Crippen molar-refractivity contribution in [2.45, 2.75) is 38.9 Å². The highest BCUT2D eigenvalue weighted by molar-refractivity contribution is 5.94. The maximum Gasteiger partial charge on any atom is 0.438 e. The van der Waals surface area contributed by atoms with E-state index < -0.39 is 29.4 Å². The Morgan fingerprint density at radius 2 is 1.76 bits per heavy atom. The van der Waals surface area contributed by atoms with Crippen LogP contribution in [0.1, 0.15) is 37.6 Å². The molecule has 1 amide bonds. The zero-order valence-corrected chi connectivity index (χ0v) is 16.0. The molecule has 0 saturated heterocycles. The minimum Gasteiger partial charge on any atom is -0.324 e. The molecule has 1 aromatic heterocycles. The molecule has 0 aliphatic carbocycles. The molecule has 8 heteroatoms. The van der Waals surface area contributed by atoms with E-state index in [1.165, 1.54) is 18.2 Å². The van der Waals surface area contributed by atoms with Crippen LogP contribution >= 0.6 is 0 Å². The van der Waals surface area contributed by atoms with Gasteiger partial charge in [0, 0.05) is 5.69 Å². The fourth-order valence-electron chi connectivity index (χ4n) is 3.18. The first-order valence-corrected chi connectivity index (χ1v) is 9.24. The van der Waals surface area contributed by atoms with Crippen LogP contribution in [-0.4, -0.2) is 15.5 Å². The quantitative estimate of drug-likeness (QED) is 0.679. The number of para-hydroxylation sites is 2. The third kappa shape index (κ3) is 4.16. The molecular formula is C21H20F3N3O2. The zero-order chi connectivity index (χ0) is 21.2. The van der Waals surface area contributed by atoms with E-state index in [4.69, 9.17) is 0 Å². The standard InChI is InChI=1S/C21H20F3N3O2/c1-3-13-9-11-14(12-10-13)25-19(28)16(4-2)27-17-8-6-5-7-15(17)26-18(20(27)29)21(22,23)24/h5-12,16H,3-4H2,1-2H3,(H,25,28)/t16-/m0/s1. The second-order valence-electron chi connectivity index (χ2n) is 6.59. The summed E-state index contributed by atoms with van der Waals surface area (Å²) in [7, 11) is 0. The smallest absolute Gasteiger partial charge is 0.324 e. The molecule has 0 saturated carbocycles. The highest BCUT2D eigenvalue weighted by atomic mass is 19.4. The summed E-state index contributed by atoms with van der Waals surface area (Å²) in [4.78, 5) is 29.0. The maximum atomic E-state index is 13.4. The second-order valence-corrected chi connectivity index (χ2v) is 6.59. The van der Waals surface area contributed by atoms with Crippen LogP contribution in [0.2, 0.25) is 0 Å². The molecule has 3 aromatic rings. The van der Waals surface area contributed by atoms with Gasteiger partial charge >= 0.3 is 6.18 Å². The van der Waals surface area contributed by atoms with Crippen molar-refractivity contribution >= 4 is 22.6 Å². The Labute approximate surface area is 165 Å². The third-order valence-corrected chi connectivity index (χ3v) is 4.69. The minimum absolute atomic E-state index is 0.00188. The highest BCUT2D eigenvalue weighted by Gasteiger charge is 2.38. The average Bonchev–Trinajstić information content (AvgIpc) is 2.69. The van der Waals surface area contributed by atoms with Gasteiger partial charge in [-0.2, -0.15) is 13.2 Å². The molecular weight excluding hydrogens is 383 g/mol. The van der Waals surface area contributed by atoms with Crippen LogP contribution < -0.4 is 10.9 Å². The van der Waals surface area contributed by atoms with Crippen molar-refractivity contribution in [1.29, 1.82) is 0 Å². The number of nitrogens with one attached hydrogen (secondary N) is 1. The SMILES string of the molecule is CCc1ccc(NC(=O)[C@H](CC)n2c(=O)c(C(F)(F)F)nc3ccccc32)cc1. The molecule has 0 aliphatic heterocycles. The molecule has 1 heterocycles. The largest absolute Gasteiger partial charge is 0.438 e. The van der Waals surface area contributed by atoms with Gasteiger partial charge in [-0.3, -0.25) is 14.2 Å². The van der Waals surface area contributed by atoms with E-state index in [0.29, 0.717) is 5.69 Å². The lowest BCUT2D eigenvalue weighted by molar-refractivity contribution is -0.142. The van der Waals surface area contributed by atoms with Crippen molar-refractivity contribution in [3.05, 3.63) is 70.1 Å². The van der Waals surface area contributed by atoms with E-state index in [1.54, 1.807) is 25.1 Å². The number of rotatable bonds is 5. The van der Waals surface area contributed by atoms with Gasteiger partial charge in [-0.15, -0.1) is 0 Å². The summed E-state index contributed by atoms with van der Waals surface area (Å²) >= 11 is 0. The topological polar surface area (TPSA) is 64.0 Å². The predicted molar refractivity (Wildman–Crippen MR) is 105 cm³/mol. The van der Waals surface area contributed by atoms with Gasteiger partial charge < -0.3 is 5.32 Å². The molecule has 0 fully saturated rings.